The Morgan fingerprint density at radius 2 is 0.667 bits per heavy atom. The molecule has 0 aliphatic rings. The lowest BCUT2D eigenvalue weighted by Gasteiger charge is -2.31. The highest BCUT2D eigenvalue weighted by Crippen LogP contribution is 2.33. The van der Waals surface area contributed by atoms with Gasteiger partial charge < -0.3 is 29.8 Å². The molecule has 10 heteroatoms. The fourth-order valence-corrected chi connectivity index (χ4v) is 3.98. The second-order valence-corrected chi connectivity index (χ2v) is 9.60. The average molecular weight is 509 g/mol. The van der Waals surface area contributed by atoms with Gasteiger partial charge in [0.2, 0.25) is 11.8 Å². The van der Waals surface area contributed by atoms with E-state index in [0.717, 1.165) is 0 Å². The van der Waals surface area contributed by atoms with E-state index in [-0.39, 0.29) is 87.6 Å². The third kappa shape index (κ3) is 10.3. The van der Waals surface area contributed by atoms with Crippen LogP contribution in [0.4, 0.5) is 0 Å². The van der Waals surface area contributed by atoms with Gasteiger partial charge in [-0.05, 0) is 67.2 Å². The van der Waals surface area contributed by atoms with Crippen LogP contribution in [0.3, 0.4) is 0 Å². The lowest BCUT2D eigenvalue weighted by atomic mass is 9.74. The van der Waals surface area contributed by atoms with Gasteiger partial charge in [0.25, 0.3) is 0 Å². The van der Waals surface area contributed by atoms with Gasteiger partial charge in [-0.25, -0.2) is 0 Å². The number of carbonyl (C=O) groups excluding carboxylic acids is 8. The van der Waals surface area contributed by atoms with Crippen LogP contribution >= 0.6 is 0 Å². The summed E-state index contributed by atoms with van der Waals surface area (Å²) in [6.45, 7) is 7.73. The maximum Gasteiger partial charge on any atom is 0.233 e. The van der Waals surface area contributed by atoms with Crippen molar-refractivity contribution in [2.75, 3.05) is 13.1 Å². The first-order valence-electron chi connectivity index (χ1n) is 12.2. The fourth-order valence-electron chi connectivity index (χ4n) is 3.98. The second kappa shape index (κ2) is 15.2. The fraction of sp³-hybridized carbons (Fsp3) is 0.692. The molecule has 0 aromatic rings. The van der Waals surface area contributed by atoms with Crippen LogP contribution in [0.2, 0.25) is 0 Å². The van der Waals surface area contributed by atoms with Crippen molar-refractivity contribution in [3.63, 3.8) is 0 Å². The first-order chi connectivity index (χ1) is 16.6. The van der Waals surface area contributed by atoms with Crippen molar-refractivity contribution in [1.29, 1.82) is 0 Å². The summed E-state index contributed by atoms with van der Waals surface area (Å²) >= 11 is 0. The first kappa shape index (κ1) is 33.0. The van der Waals surface area contributed by atoms with Crippen LogP contribution in [0.1, 0.15) is 92.9 Å². The van der Waals surface area contributed by atoms with Crippen molar-refractivity contribution >= 4 is 46.5 Å². The predicted octanol–water partition coefficient (Wildman–Crippen LogP) is 1.85. The molecular formula is C26H40N2O8. The number of rotatable bonds is 19. The molecule has 0 saturated carbocycles. The van der Waals surface area contributed by atoms with Crippen LogP contribution < -0.4 is 10.6 Å². The van der Waals surface area contributed by atoms with Crippen LogP contribution in [0.15, 0.2) is 0 Å². The zero-order valence-corrected chi connectivity index (χ0v) is 22.3. The van der Waals surface area contributed by atoms with Gasteiger partial charge in [0.05, 0.1) is 0 Å². The number of hydrogen-bond acceptors (Lipinski definition) is 8. The van der Waals surface area contributed by atoms with Gasteiger partial charge in [-0.2, -0.15) is 0 Å². The Morgan fingerprint density at radius 1 is 0.444 bits per heavy atom. The Balaban J connectivity index is 5.49. The van der Waals surface area contributed by atoms with Crippen molar-refractivity contribution < 1.29 is 38.4 Å². The molecule has 0 bridgehead atoms. The van der Waals surface area contributed by atoms with Gasteiger partial charge >= 0.3 is 0 Å². The normalized spacial score (nSPS) is 11.4. The SMILES string of the molecule is CC(=O)CCC(CCC(C)=O)(C(C)=O)C(=O)NCCNC(=O)C(CCC(C)=O)(CCC(C)=O)C(C)=O. The van der Waals surface area contributed by atoms with E-state index in [1.165, 1.54) is 41.5 Å². The van der Waals surface area contributed by atoms with Gasteiger partial charge in [0.1, 0.15) is 45.5 Å². The van der Waals surface area contributed by atoms with Crippen molar-refractivity contribution in [2.45, 2.75) is 92.9 Å². The molecule has 0 aliphatic carbocycles. The number of ketones is 6. The van der Waals surface area contributed by atoms with E-state index in [1.54, 1.807) is 0 Å². The summed E-state index contributed by atoms with van der Waals surface area (Å²) in [7, 11) is 0. The maximum atomic E-state index is 13.0. The molecule has 2 amide bonds. The average Bonchev–Trinajstić information content (AvgIpc) is 2.75. The van der Waals surface area contributed by atoms with E-state index in [1.807, 2.05) is 0 Å². The van der Waals surface area contributed by atoms with E-state index in [0.29, 0.717) is 0 Å². The number of amides is 2. The Hall–Kier alpha value is -3.04. The smallest absolute Gasteiger partial charge is 0.233 e. The number of carbonyl (C=O) groups is 8. The lowest BCUT2D eigenvalue weighted by Crippen LogP contribution is -2.50. The van der Waals surface area contributed by atoms with Crippen LogP contribution in [-0.2, 0) is 38.4 Å². The standard InChI is InChI=1S/C26H40N2O8/c1-17(29)7-11-25(21(5)33,12-8-18(2)30)23(35)27-15-16-28-24(36)26(22(6)34,13-9-19(3)31)14-10-20(4)32/h7-16H2,1-6H3,(H,27,35)(H,28,36). The summed E-state index contributed by atoms with van der Waals surface area (Å²) in [4.78, 5) is 97.1. The lowest BCUT2D eigenvalue weighted by molar-refractivity contribution is -0.145. The van der Waals surface area contributed by atoms with Gasteiger partial charge in [-0.3, -0.25) is 19.2 Å². The van der Waals surface area contributed by atoms with Crippen molar-refractivity contribution in [3.8, 4) is 0 Å². The van der Waals surface area contributed by atoms with Crippen molar-refractivity contribution in [1.82, 2.24) is 10.6 Å². The highest BCUT2D eigenvalue weighted by Gasteiger charge is 2.44. The molecule has 0 aromatic heterocycles. The quantitative estimate of drug-likeness (QED) is 0.197. The monoisotopic (exact) mass is 508 g/mol. The van der Waals surface area contributed by atoms with Gasteiger partial charge in [0.15, 0.2) is 0 Å². The van der Waals surface area contributed by atoms with E-state index < -0.39 is 34.2 Å². The zero-order chi connectivity index (χ0) is 28.1. The number of nitrogens with one attached hydrogen (secondary N) is 2. The first-order valence-corrected chi connectivity index (χ1v) is 12.2. The van der Waals surface area contributed by atoms with Gasteiger partial charge in [-0.1, -0.05) is 0 Å². The molecule has 0 saturated heterocycles. The Kier molecular flexibility index (Phi) is 13.9. The minimum absolute atomic E-state index is 0.00489. The van der Waals surface area contributed by atoms with Crippen molar-refractivity contribution in [3.05, 3.63) is 0 Å². The molecule has 0 atom stereocenters. The molecule has 0 unspecified atom stereocenters. The van der Waals surface area contributed by atoms with E-state index in [4.69, 9.17) is 0 Å². The topological polar surface area (TPSA) is 161 Å². The van der Waals surface area contributed by atoms with Crippen LogP contribution in [0.5, 0.6) is 0 Å². The van der Waals surface area contributed by atoms with Gasteiger partial charge in [-0.15, -0.1) is 0 Å². The minimum atomic E-state index is -1.55. The molecule has 0 radical (unpaired) electrons. The third-order valence-corrected chi connectivity index (χ3v) is 6.53. The van der Waals surface area contributed by atoms with Crippen LogP contribution in [0, 0.1) is 10.8 Å². The molecule has 0 aliphatic heterocycles. The summed E-state index contributed by atoms with van der Waals surface area (Å²) in [5.74, 6) is -2.98. The Labute approximate surface area is 212 Å². The zero-order valence-electron chi connectivity index (χ0n) is 22.3. The predicted molar refractivity (Wildman–Crippen MR) is 132 cm³/mol. The summed E-state index contributed by atoms with van der Waals surface area (Å²) < 4.78 is 0. The molecule has 36 heavy (non-hydrogen) atoms. The maximum absolute atomic E-state index is 13.0. The molecule has 0 fully saturated rings. The molecule has 0 spiro atoms. The Bertz CT molecular complexity index is 782. The molecule has 0 rings (SSSR count). The highest BCUT2D eigenvalue weighted by atomic mass is 16.2. The molecule has 202 valence electrons. The van der Waals surface area contributed by atoms with Crippen molar-refractivity contribution in [2.24, 2.45) is 10.8 Å². The Morgan fingerprint density at radius 3 is 0.833 bits per heavy atom. The van der Waals surface area contributed by atoms with E-state index >= 15 is 0 Å². The molecule has 2 N–H and O–H groups in total. The minimum Gasteiger partial charge on any atom is -0.353 e. The van der Waals surface area contributed by atoms with E-state index in [2.05, 4.69) is 10.6 Å². The summed E-state index contributed by atoms with van der Waals surface area (Å²) in [5, 5.41) is 5.20. The number of hydrogen-bond donors (Lipinski definition) is 2. The van der Waals surface area contributed by atoms with Crippen LogP contribution in [-0.4, -0.2) is 59.6 Å². The third-order valence-electron chi connectivity index (χ3n) is 6.53. The highest BCUT2D eigenvalue weighted by molar-refractivity contribution is 6.06. The summed E-state index contributed by atoms with van der Waals surface area (Å²) in [6.07, 6.45) is -0.160. The summed E-state index contributed by atoms with van der Waals surface area (Å²) in [5.41, 5.74) is -3.10. The molecular weight excluding hydrogens is 468 g/mol. The second-order valence-electron chi connectivity index (χ2n) is 9.60. The van der Waals surface area contributed by atoms with Crippen LogP contribution in [0.25, 0.3) is 0 Å². The van der Waals surface area contributed by atoms with E-state index in [9.17, 15) is 38.4 Å². The number of Topliss-reactive ketones (excluding diaryl/α,β-unsaturated/α-hetero) is 6. The molecule has 0 aromatic carbocycles. The van der Waals surface area contributed by atoms with Gasteiger partial charge in [0, 0.05) is 38.8 Å². The molecule has 10 nitrogen and oxygen atoms in total. The largest absolute Gasteiger partial charge is 0.353 e. The molecule has 0 heterocycles. The summed E-state index contributed by atoms with van der Waals surface area (Å²) in [6, 6.07) is 0.